The lowest BCUT2D eigenvalue weighted by molar-refractivity contribution is 1.16. The predicted octanol–water partition coefficient (Wildman–Crippen LogP) is 6.74. The standard InChI is InChI=1S/C17H12Br3N/c18-13-8-15(19)17(16(20)9-13)21-10-12-6-3-5-11-4-1-2-7-14(11)12/h1-9,21H,10H2. The van der Waals surface area contributed by atoms with Crippen LogP contribution in [0.3, 0.4) is 0 Å². The number of hydrogen-bond donors (Lipinski definition) is 1. The van der Waals surface area contributed by atoms with Crippen molar-refractivity contribution in [2.24, 2.45) is 0 Å². The number of fused-ring (bicyclic) bond motifs is 1. The first-order valence-corrected chi connectivity index (χ1v) is 8.88. The first kappa shape index (κ1) is 15.1. The van der Waals surface area contributed by atoms with E-state index in [4.69, 9.17) is 0 Å². The van der Waals surface area contributed by atoms with E-state index in [0.29, 0.717) is 0 Å². The minimum absolute atomic E-state index is 0.778. The van der Waals surface area contributed by atoms with E-state index in [2.05, 4.69) is 95.6 Å². The first-order valence-electron chi connectivity index (χ1n) is 6.50. The normalized spacial score (nSPS) is 10.8. The van der Waals surface area contributed by atoms with Gasteiger partial charge in [-0.1, -0.05) is 58.4 Å². The molecular formula is C17H12Br3N. The highest BCUT2D eigenvalue weighted by Gasteiger charge is 2.07. The van der Waals surface area contributed by atoms with Gasteiger partial charge in [0.2, 0.25) is 0 Å². The van der Waals surface area contributed by atoms with Gasteiger partial charge < -0.3 is 5.32 Å². The summed E-state index contributed by atoms with van der Waals surface area (Å²) in [7, 11) is 0. The second-order valence-corrected chi connectivity index (χ2v) is 7.36. The minimum Gasteiger partial charge on any atom is -0.379 e. The third kappa shape index (κ3) is 3.33. The maximum Gasteiger partial charge on any atom is 0.0632 e. The third-order valence-corrected chi connectivity index (χ3v) is 5.05. The lowest BCUT2D eigenvalue weighted by atomic mass is 10.0. The molecule has 3 aromatic carbocycles. The van der Waals surface area contributed by atoms with Gasteiger partial charge in [-0.25, -0.2) is 0 Å². The maximum absolute atomic E-state index is 3.60. The van der Waals surface area contributed by atoms with Crippen LogP contribution in [-0.2, 0) is 6.54 Å². The zero-order chi connectivity index (χ0) is 14.8. The van der Waals surface area contributed by atoms with Gasteiger partial charge in [0.25, 0.3) is 0 Å². The number of rotatable bonds is 3. The molecular weight excluding hydrogens is 458 g/mol. The average Bonchev–Trinajstić information content (AvgIpc) is 2.46. The molecule has 0 unspecified atom stereocenters. The number of anilines is 1. The van der Waals surface area contributed by atoms with Crippen LogP contribution in [0.15, 0.2) is 68.0 Å². The van der Waals surface area contributed by atoms with Crippen LogP contribution in [0, 0.1) is 0 Å². The first-order chi connectivity index (χ1) is 10.1. The van der Waals surface area contributed by atoms with E-state index in [1.54, 1.807) is 0 Å². The summed E-state index contributed by atoms with van der Waals surface area (Å²) in [5.41, 5.74) is 2.35. The van der Waals surface area contributed by atoms with Gasteiger partial charge in [0.15, 0.2) is 0 Å². The molecule has 4 heteroatoms. The Balaban J connectivity index is 1.91. The van der Waals surface area contributed by atoms with E-state index < -0.39 is 0 Å². The Labute approximate surface area is 149 Å². The van der Waals surface area contributed by atoms with Crippen molar-refractivity contribution in [2.45, 2.75) is 6.54 Å². The van der Waals surface area contributed by atoms with Crippen molar-refractivity contribution < 1.29 is 0 Å². The summed E-state index contributed by atoms with van der Waals surface area (Å²) < 4.78 is 3.10. The fourth-order valence-electron chi connectivity index (χ4n) is 2.34. The van der Waals surface area contributed by atoms with Gasteiger partial charge in [-0.2, -0.15) is 0 Å². The second-order valence-electron chi connectivity index (χ2n) is 4.74. The molecule has 0 saturated carbocycles. The molecule has 0 spiro atoms. The molecule has 0 aliphatic carbocycles. The SMILES string of the molecule is Brc1cc(Br)c(NCc2cccc3ccccc23)c(Br)c1. The number of benzene rings is 3. The number of nitrogens with one attached hydrogen (secondary N) is 1. The van der Waals surface area contributed by atoms with Crippen molar-refractivity contribution in [3.05, 3.63) is 73.6 Å². The van der Waals surface area contributed by atoms with Gasteiger partial charge in [0, 0.05) is 20.0 Å². The molecule has 0 aliphatic rings. The van der Waals surface area contributed by atoms with Gasteiger partial charge in [-0.3, -0.25) is 0 Å². The summed E-state index contributed by atoms with van der Waals surface area (Å²) in [6.07, 6.45) is 0. The Kier molecular flexibility index (Phi) is 4.67. The summed E-state index contributed by atoms with van der Waals surface area (Å²) in [6, 6.07) is 18.9. The largest absolute Gasteiger partial charge is 0.379 e. The van der Waals surface area contributed by atoms with Crippen molar-refractivity contribution in [1.29, 1.82) is 0 Å². The van der Waals surface area contributed by atoms with Crippen molar-refractivity contribution in [3.63, 3.8) is 0 Å². The molecule has 0 bridgehead atoms. The van der Waals surface area contributed by atoms with E-state index in [9.17, 15) is 0 Å². The molecule has 0 saturated heterocycles. The van der Waals surface area contributed by atoms with Crippen molar-refractivity contribution in [3.8, 4) is 0 Å². The second kappa shape index (κ2) is 6.51. The van der Waals surface area contributed by atoms with Crippen molar-refractivity contribution in [1.82, 2.24) is 0 Å². The zero-order valence-electron chi connectivity index (χ0n) is 11.0. The van der Waals surface area contributed by atoms with Crippen molar-refractivity contribution in [2.75, 3.05) is 5.32 Å². The highest BCUT2D eigenvalue weighted by molar-refractivity contribution is 9.11. The fourth-order valence-corrected chi connectivity index (χ4v) is 4.88. The lowest BCUT2D eigenvalue weighted by Crippen LogP contribution is -2.01. The van der Waals surface area contributed by atoms with Gasteiger partial charge in [0.1, 0.15) is 0 Å². The summed E-state index contributed by atoms with van der Waals surface area (Å²) in [6.45, 7) is 0.778. The molecule has 0 aromatic heterocycles. The number of hydrogen-bond acceptors (Lipinski definition) is 1. The molecule has 106 valence electrons. The molecule has 0 amide bonds. The monoisotopic (exact) mass is 467 g/mol. The van der Waals surface area contributed by atoms with E-state index in [0.717, 1.165) is 25.7 Å². The third-order valence-electron chi connectivity index (χ3n) is 3.34. The van der Waals surface area contributed by atoms with Crippen molar-refractivity contribution >= 4 is 64.2 Å². The van der Waals surface area contributed by atoms with Crippen LogP contribution in [0.5, 0.6) is 0 Å². The van der Waals surface area contributed by atoms with Crippen LogP contribution in [-0.4, -0.2) is 0 Å². The molecule has 0 atom stereocenters. The summed E-state index contributed by atoms with van der Waals surface area (Å²) >= 11 is 10.7. The van der Waals surface area contributed by atoms with Crippen LogP contribution < -0.4 is 5.32 Å². The Bertz CT molecular complexity index is 771. The molecule has 3 aromatic rings. The molecule has 0 heterocycles. The van der Waals surface area contributed by atoms with Gasteiger partial charge in [-0.15, -0.1) is 0 Å². The van der Waals surface area contributed by atoms with E-state index in [1.165, 1.54) is 16.3 Å². The Morgan fingerprint density at radius 1 is 0.810 bits per heavy atom. The molecule has 0 fully saturated rings. The van der Waals surface area contributed by atoms with E-state index in [-0.39, 0.29) is 0 Å². The maximum atomic E-state index is 3.60. The highest BCUT2D eigenvalue weighted by atomic mass is 79.9. The van der Waals surface area contributed by atoms with Crippen LogP contribution >= 0.6 is 47.8 Å². The Morgan fingerprint density at radius 3 is 2.24 bits per heavy atom. The molecule has 1 nitrogen and oxygen atoms in total. The summed E-state index contributed by atoms with van der Waals surface area (Å²) in [5, 5.41) is 6.06. The Hall–Kier alpha value is -0.840. The van der Waals surface area contributed by atoms with Crippen LogP contribution in [0.2, 0.25) is 0 Å². The van der Waals surface area contributed by atoms with Gasteiger partial charge in [-0.05, 0) is 60.3 Å². The molecule has 1 N–H and O–H groups in total. The highest BCUT2D eigenvalue weighted by Crippen LogP contribution is 2.35. The fraction of sp³-hybridized carbons (Fsp3) is 0.0588. The molecule has 0 aliphatic heterocycles. The zero-order valence-corrected chi connectivity index (χ0v) is 15.8. The van der Waals surface area contributed by atoms with Crippen LogP contribution in [0.25, 0.3) is 10.8 Å². The predicted molar refractivity (Wildman–Crippen MR) is 101 cm³/mol. The minimum atomic E-state index is 0.778. The molecule has 3 rings (SSSR count). The molecule has 0 radical (unpaired) electrons. The van der Waals surface area contributed by atoms with E-state index >= 15 is 0 Å². The van der Waals surface area contributed by atoms with E-state index in [1.807, 2.05) is 12.1 Å². The summed E-state index contributed by atoms with van der Waals surface area (Å²) in [4.78, 5) is 0. The number of halogens is 3. The average molecular weight is 470 g/mol. The van der Waals surface area contributed by atoms with Crippen LogP contribution in [0.4, 0.5) is 5.69 Å². The smallest absolute Gasteiger partial charge is 0.0632 e. The topological polar surface area (TPSA) is 12.0 Å². The van der Waals surface area contributed by atoms with Gasteiger partial charge in [0.05, 0.1) is 5.69 Å². The molecule has 21 heavy (non-hydrogen) atoms. The lowest BCUT2D eigenvalue weighted by Gasteiger charge is -2.13. The van der Waals surface area contributed by atoms with Crippen LogP contribution in [0.1, 0.15) is 5.56 Å². The quantitative estimate of drug-likeness (QED) is 0.448. The Morgan fingerprint density at radius 2 is 1.48 bits per heavy atom. The summed E-state index contributed by atoms with van der Waals surface area (Å²) in [5.74, 6) is 0. The van der Waals surface area contributed by atoms with Gasteiger partial charge >= 0.3 is 0 Å².